The quantitative estimate of drug-likeness (QED) is 0.463. The fourth-order valence-electron chi connectivity index (χ4n) is 1.28. The van der Waals surface area contributed by atoms with Crippen molar-refractivity contribution in [3.63, 3.8) is 0 Å². The summed E-state index contributed by atoms with van der Waals surface area (Å²) in [5.74, 6) is 0.0387. The maximum Gasteiger partial charge on any atom is 0.123 e. The lowest BCUT2D eigenvalue weighted by Gasteiger charge is -2.31. The van der Waals surface area contributed by atoms with Gasteiger partial charge in [0.15, 0.2) is 0 Å². The molecular formula is C11H18O. The molecule has 2 atom stereocenters. The van der Waals surface area contributed by atoms with Crippen molar-refractivity contribution >= 4 is 6.29 Å². The molecule has 1 heteroatoms. The van der Waals surface area contributed by atoms with Gasteiger partial charge in [-0.25, -0.2) is 0 Å². The van der Waals surface area contributed by atoms with Gasteiger partial charge >= 0.3 is 0 Å². The molecule has 0 aliphatic rings. The Bertz CT molecular complexity index is 211. The molecule has 0 saturated heterocycles. The fourth-order valence-corrected chi connectivity index (χ4v) is 1.28. The van der Waals surface area contributed by atoms with Crippen LogP contribution in [-0.2, 0) is 4.79 Å². The van der Waals surface area contributed by atoms with Crippen molar-refractivity contribution in [1.29, 1.82) is 0 Å². The Morgan fingerprint density at radius 1 is 1.75 bits per heavy atom. The molecule has 0 saturated carbocycles. The van der Waals surface area contributed by atoms with Gasteiger partial charge < -0.3 is 4.79 Å². The Morgan fingerprint density at radius 3 is 2.50 bits per heavy atom. The minimum absolute atomic E-state index is 0.0387. The van der Waals surface area contributed by atoms with E-state index in [2.05, 4.69) is 26.2 Å². The Balaban J connectivity index is 4.91. The molecule has 0 aliphatic carbocycles. The zero-order chi connectivity index (χ0) is 9.78. The van der Waals surface area contributed by atoms with Gasteiger partial charge in [0.25, 0.3) is 0 Å². The zero-order valence-electron chi connectivity index (χ0n) is 8.48. The third-order valence-electron chi connectivity index (χ3n) is 3.07. The highest BCUT2D eigenvalue weighted by molar-refractivity contribution is 5.55. The molecule has 0 aromatic heterocycles. The number of hydrogen-bond acceptors (Lipinski definition) is 1. The standard InChI is InChI=1S/C11H18O/c1-6-9(3)11(5,7-2)10(4)8-12/h8,10H,1,7H2,2-5H3. The molecule has 0 aromatic rings. The molecular weight excluding hydrogens is 148 g/mol. The molecule has 1 nitrogen and oxygen atoms in total. The van der Waals surface area contributed by atoms with Gasteiger partial charge in [-0.2, -0.15) is 0 Å². The maximum absolute atomic E-state index is 10.7. The first-order chi connectivity index (χ1) is 5.52. The van der Waals surface area contributed by atoms with Gasteiger partial charge in [-0.15, -0.1) is 5.73 Å². The first-order valence-corrected chi connectivity index (χ1v) is 4.35. The van der Waals surface area contributed by atoms with E-state index in [0.29, 0.717) is 0 Å². The molecule has 0 spiro atoms. The van der Waals surface area contributed by atoms with E-state index in [-0.39, 0.29) is 11.3 Å². The Labute approximate surface area is 75.2 Å². The maximum atomic E-state index is 10.7. The molecule has 0 N–H and O–H groups in total. The first-order valence-electron chi connectivity index (χ1n) is 4.35. The van der Waals surface area contributed by atoms with Crippen LogP contribution in [0.1, 0.15) is 34.1 Å². The Morgan fingerprint density at radius 2 is 2.25 bits per heavy atom. The van der Waals surface area contributed by atoms with Crippen LogP contribution < -0.4 is 0 Å². The number of carbonyl (C=O) groups excluding carboxylic acids is 1. The van der Waals surface area contributed by atoms with E-state index in [0.717, 1.165) is 18.3 Å². The zero-order valence-corrected chi connectivity index (χ0v) is 8.48. The lowest BCUT2D eigenvalue weighted by Crippen LogP contribution is -2.26. The van der Waals surface area contributed by atoms with E-state index in [1.807, 2.05) is 13.8 Å². The summed E-state index contributed by atoms with van der Waals surface area (Å²) < 4.78 is 0. The molecule has 0 aliphatic heterocycles. The SMILES string of the molecule is C=C=C(C)C(C)(CC)C(C)C=O. The predicted molar refractivity (Wildman–Crippen MR) is 52.0 cm³/mol. The van der Waals surface area contributed by atoms with Crippen LogP contribution in [-0.4, -0.2) is 6.29 Å². The highest BCUT2D eigenvalue weighted by atomic mass is 16.1. The first kappa shape index (κ1) is 11.2. The van der Waals surface area contributed by atoms with Crippen molar-refractivity contribution in [2.45, 2.75) is 34.1 Å². The Kier molecular flexibility index (Phi) is 3.99. The van der Waals surface area contributed by atoms with Crippen molar-refractivity contribution in [2.24, 2.45) is 11.3 Å². The summed E-state index contributed by atoms with van der Waals surface area (Å²) in [6, 6.07) is 0. The van der Waals surface area contributed by atoms with Crippen LogP contribution in [0.15, 0.2) is 17.9 Å². The van der Waals surface area contributed by atoms with Gasteiger partial charge in [0.05, 0.1) is 0 Å². The summed E-state index contributed by atoms with van der Waals surface area (Å²) in [5, 5.41) is 0. The second-order valence-corrected chi connectivity index (χ2v) is 3.50. The van der Waals surface area contributed by atoms with Gasteiger partial charge in [-0.05, 0) is 18.9 Å². The third kappa shape index (κ3) is 1.86. The van der Waals surface area contributed by atoms with Crippen LogP contribution >= 0.6 is 0 Å². The van der Waals surface area contributed by atoms with E-state index in [4.69, 9.17) is 0 Å². The smallest absolute Gasteiger partial charge is 0.123 e. The molecule has 0 rings (SSSR count). The third-order valence-corrected chi connectivity index (χ3v) is 3.07. The second kappa shape index (κ2) is 4.27. The van der Waals surface area contributed by atoms with E-state index in [1.54, 1.807) is 0 Å². The average molecular weight is 166 g/mol. The van der Waals surface area contributed by atoms with Crippen molar-refractivity contribution in [3.8, 4) is 0 Å². The topological polar surface area (TPSA) is 17.1 Å². The van der Waals surface area contributed by atoms with Gasteiger partial charge in [-0.3, -0.25) is 0 Å². The molecule has 0 aromatic carbocycles. The summed E-state index contributed by atoms with van der Waals surface area (Å²) in [6.45, 7) is 11.7. The van der Waals surface area contributed by atoms with Crippen LogP contribution in [0.3, 0.4) is 0 Å². The summed E-state index contributed by atoms with van der Waals surface area (Å²) >= 11 is 0. The largest absolute Gasteiger partial charge is 0.303 e. The minimum atomic E-state index is -0.0660. The lowest BCUT2D eigenvalue weighted by molar-refractivity contribution is -0.113. The van der Waals surface area contributed by atoms with Crippen LogP contribution in [0, 0.1) is 11.3 Å². The summed E-state index contributed by atoms with van der Waals surface area (Å²) in [6.07, 6.45) is 1.95. The molecule has 0 fully saturated rings. The summed E-state index contributed by atoms with van der Waals surface area (Å²) in [7, 11) is 0. The summed E-state index contributed by atoms with van der Waals surface area (Å²) in [5.41, 5.74) is 3.89. The van der Waals surface area contributed by atoms with E-state index < -0.39 is 0 Å². The normalized spacial score (nSPS) is 17.3. The predicted octanol–water partition coefficient (Wildman–Crippen LogP) is 2.97. The van der Waals surface area contributed by atoms with Crippen molar-refractivity contribution in [3.05, 3.63) is 17.9 Å². The van der Waals surface area contributed by atoms with Crippen molar-refractivity contribution < 1.29 is 4.79 Å². The van der Waals surface area contributed by atoms with Crippen molar-refractivity contribution in [2.75, 3.05) is 0 Å². The molecule has 2 unspecified atom stereocenters. The lowest BCUT2D eigenvalue weighted by atomic mass is 9.71. The monoisotopic (exact) mass is 166 g/mol. The van der Waals surface area contributed by atoms with Crippen LogP contribution in [0.2, 0.25) is 0 Å². The fraction of sp³-hybridized carbons (Fsp3) is 0.636. The number of allylic oxidation sites excluding steroid dienone is 1. The number of carbonyl (C=O) groups is 1. The van der Waals surface area contributed by atoms with Crippen LogP contribution in [0.25, 0.3) is 0 Å². The number of rotatable bonds is 4. The molecule has 68 valence electrons. The van der Waals surface area contributed by atoms with E-state index >= 15 is 0 Å². The molecule has 0 amide bonds. The van der Waals surface area contributed by atoms with E-state index in [9.17, 15) is 4.79 Å². The molecule has 0 radical (unpaired) electrons. The highest BCUT2D eigenvalue weighted by Gasteiger charge is 2.30. The molecule has 0 bridgehead atoms. The van der Waals surface area contributed by atoms with Crippen molar-refractivity contribution in [1.82, 2.24) is 0 Å². The molecule has 12 heavy (non-hydrogen) atoms. The Hall–Kier alpha value is -0.810. The second-order valence-electron chi connectivity index (χ2n) is 3.50. The molecule has 0 heterocycles. The number of aldehydes is 1. The van der Waals surface area contributed by atoms with Crippen LogP contribution in [0.5, 0.6) is 0 Å². The van der Waals surface area contributed by atoms with Crippen LogP contribution in [0.4, 0.5) is 0 Å². The summed E-state index contributed by atoms with van der Waals surface area (Å²) in [4.78, 5) is 10.7. The van der Waals surface area contributed by atoms with Gasteiger partial charge in [-0.1, -0.05) is 27.4 Å². The average Bonchev–Trinajstić information content (AvgIpc) is 2.13. The van der Waals surface area contributed by atoms with E-state index in [1.165, 1.54) is 0 Å². The minimum Gasteiger partial charge on any atom is -0.303 e. The highest BCUT2D eigenvalue weighted by Crippen LogP contribution is 2.36. The van der Waals surface area contributed by atoms with Gasteiger partial charge in [0, 0.05) is 11.3 Å². The number of hydrogen-bond donors (Lipinski definition) is 0. The van der Waals surface area contributed by atoms with Gasteiger partial charge in [0.2, 0.25) is 0 Å². The van der Waals surface area contributed by atoms with Gasteiger partial charge in [0.1, 0.15) is 6.29 Å².